The lowest BCUT2D eigenvalue weighted by Crippen LogP contribution is -2.44. The van der Waals surface area contributed by atoms with Crippen molar-refractivity contribution in [3.05, 3.63) is 39.4 Å². The summed E-state index contributed by atoms with van der Waals surface area (Å²) in [7, 11) is 0. The number of carbonyl (C=O) groups excluding carboxylic acids is 1. The van der Waals surface area contributed by atoms with Crippen LogP contribution in [0.5, 0.6) is 0 Å². The molecule has 0 aliphatic heterocycles. The van der Waals surface area contributed by atoms with Crippen LogP contribution in [0, 0.1) is 23.0 Å². The highest BCUT2D eigenvalue weighted by Crippen LogP contribution is 2.24. The van der Waals surface area contributed by atoms with Gasteiger partial charge in [-0.25, -0.2) is 0 Å². The SMILES string of the molecule is Cc1ccc(C(=O)NC2CCCCC2CN)cc1[N+](=O)[O-].Cl. The maximum atomic E-state index is 12.3. The second-order valence-corrected chi connectivity index (χ2v) is 5.62. The molecule has 2 rings (SSSR count). The second-order valence-electron chi connectivity index (χ2n) is 5.62. The zero-order valence-electron chi connectivity index (χ0n) is 12.6. The molecule has 0 heterocycles. The Bertz CT molecular complexity index is 551. The lowest BCUT2D eigenvalue weighted by Gasteiger charge is -2.31. The Balaban J connectivity index is 0.00000242. The number of aryl methyl sites for hydroxylation is 1. The van der Waals surface area contributed by atoms with Crippen molar-refractivity contribution in [1.29, 1.82) is 0 Å². The minimum atomic E-state index is -0.463. The molecular weight excluding hydrogens is 306 g/mol. The lowest BCUT2D eigenvalue weighted by atomic mass is 9.84. The first-order valence-electron chi connectivity index (χ1n) is 7.29. The van der Waals surface area contributed by atoms with E-state index in [-0.39, 0.29) is 30.0 Å². The largest absolute Gasteiger partial charge is 0.349 e. The molecule has 3 N–H and O–H groups in total. The molecule has 0 aromatic heterocycles. The van der Waals surface area contributed by atoms with E-state index in [2.05, 4.69) is 5.32 Å². The number of hydrogen-bond acceptors (Lipinski definition) is 4. The van der Waals surface area contributed by atoms with E-state index in [1.165, 1.54) is 6.07 Å². The molecule has 1 aromatic rings. The van der Waals surface area contributed by atoms with Gasteiger partial charge in [-0.3, -0.25) is 14.9 Å². The highest BCUT2D eigenvalue weighted by Gasteiger charge is 2.26. The summed E-state index contributed by atoms with van der Waals surface area (Å²) in [5, 5.41) is 13.9. The zero-order chi connectivity index (χ0) is 15.4. The van der Waals surface area contributed by atoms with Gasteiger partial charge in [-0.2, -0.15) is 0 Å². The van der Waals surface area contributed by atoms with Crippen LogP contribution in [0.15, 0.2) is 18.2 Å². The number of nitrogens with zero attached hydrogens (tertiary/aromatic N) is 1. The smallest absolute Gasteiger partial charge is 0.273 e. The van der Waals surface area contributed by atoms with Crippen LogP contribution in [0.25, 0.3) is 0 Å². The number of nitro benzene ring substituents is 1. The van der Waals surface area contributed by atoms with Crippen molar-refractivity contribution in [2.75, 3.05) is 6.54 Å². The van der Waals surface area contributed by atoms with Crippen LogP contribution < -0.4 is 11.1 Å². The summed E-state index contributed by atoms with van der Waals surface area (Å²) in [5.41, 5.74) is 6.60. The van der Waals surface area contributed by atoms with Crippen LogP contribution in [-0.2, 0) is 0 Å². The first kappa shape index (κ1) is 18.4. The summed E-state index contributed by atoms with van der Waals surface area (Å²) in [5.74, 6) is 0.0339. The van der Waals surface area contributed by atoms with Gasteiger partial charge in [0, 0.05) is 23.2 Å². The van der Waals surface area contributed by atoms with E-state index in [4.69, 9.17) is 5.73 Å². The Labute approximate surface area is 136 Å². The Hall–Kier alpha value is -1.66. The van der Waals surface area contributed by atoms with Gasteiger partial charge in [-0.1, -0.05) is 18.9 Å². The molecule has 0 spiro atoms. The molecular formula is C15H22ClN3O3. The molecule has 7 heteroatoms. The maximum Gasteiger partial charge on any atom is 0.273 e. The van der Waals surface area contributed by atoms with Crippen molar-refractivity contribution in [2.24, 2.45) is 11.7 Å². The van der Waals surface area contributed by atoms with Gasteiger partial charge >= 0.3 is 0 Å². The lowest BCUT2D eigenvalue weighted by molar-refractivity contribution is -0.385. The summed E-state index contributed by atoms with van der Waals surface area (Å²) in [6.07, 6.45) is 4.16. The van der Waals surface area contributed by atoms with E-state index in [9.17, 15) is 14.9 Å². The van der Waals surface area contributed by atoms with Crippen LogP contribution in [0.3, 0.4) is 0 Å². The van der Waals surface area contributed by atoms with E-state index in [1.54, 1.807) is 19.1 Å². The summed E-state index contributed by atoms with van der Waals surface area (Å²) in [6.45, 7) is 2.21. The molecule has 6 nitrogen and oxygen atoms in total. The van der Waals surface area contributed by atoms with Gasteiger partial charge in [-0.05, 0) is 38.3 Å². The quantitative estimate of drug-likeness (QED) is 0.656. The monoisotopic (exact) mass is 327 g/mol. The molecule has 0 radical (unpaired) electrons. The number of amides is 1. The Kier molecular flexibility index (Phi) is 6.77. The minimum absolute atomic E-state index is 0. The molecule has 2 atom stereocenters. The molecule has 1 aliphatic rings. The fourth-order valence-electron chi connectivity index (χ4n) is 2.88. The van der Waals surface area contributed by atoms with Crippen LogP contribution in [0.2, 0.25) is 0 Å². The molecule has 122 valence electrons. The number of nitrogens with one attached hydrogen (secondary N) is 1. The standard InChI is InChI=1S/C15H21N3O3.ClH/c1-10-6-7-11(8-14(10)18(20)21)15(19)17-13-5-3-2-4-12(13)9-16;/h6-8,12-13H,2-5,9,16H2,1H3,(H,17,19);1H. The van der Waals surface area contributed by atoms with E-state index in [0.29, 0.717) is 23.6 Å². The third kappa shape index (κ3) is 4.18. The van der Waals surface area contributed by atoms with Crippen LogP contribution in [-0.4, -0.2) is 23.4 Å². The van der Waals surface area contributed by atoms with Gasteiger partial charge in [0.1, 0.15) is 0 Å². The Morgan fingerprint density at radius 3 is 2.73 bits per heavy atom. The van der Waals surface area contributed by atoms with E-state index < -0.39 is 4.92 Å². The number of rotatable bonds is 4. The predicted molar refractivity (Wildman–Crippen MR) is 87.3 cm³/mol. The first-order chi connectivity index (χ1) is 10.0. The summed E-state index contributed by atoms with van der Waals surface area (Å²) >= 11 is 0. The summed E-state index contributed by atoms with van der Waals surface area (Å²) in [4.78, 5) is 22.8. The topological polar surface area (TPSA) is 98.3 Å². The van der Waals surface area contributed by atoms with Crippen LogP contribution >= 0.6 is 12.4 Å². The second kappa shape index (κ2) is 8.10. The van der Waals surface area contributed by atoms with E-state index in [0.717, 1.165) is 25.7 Å². The molecule has 1 amide bonds. The van der Waals surface area contributed by atoms with E-state index >= 15 is 0 Å². The average Bonchev–Trinajstić information content (AvgIpc) is 2.47. The molecule has 0 bridgehead atoms. The van der Waals surface area contributed by atoms with Crippen LogP contribution in [0.4, 0.5) is 5.69 Å². The van der Waals surface area contributed by atoms with E-state index in [1.807, 2.05) is 0 Å². The average molecular weight is 328 g/mol. The van der Waals surface area contributed by atoms with Gasteiger partial charge in [0.2, 0.25) is 0 Å². The van der Waals surface area contributed by atoms with Gasteiger partial charge in [0.15, 0.2) is 0 Å². The Morgan fingerprint density at radius 1 is 1.41 bits per heavy atom. The number of nitrogens with two attached hydrogens (primary N) is 1. The van der Waals surface area contributed by atoms with Crippen molar-refractivity contribution in [1.82, 2.24) is 5.32 Å². The third-order valence-corrected chi connectivity index (χ3v) is 4.20. The Morgan fingerprint density at radius 2 is 2.09 bits per heavy atom. The molecule has 2 unspecified atom stereocenters. The molecule has 0 saturated heterocycles. The van der Waals surface area contributed by atoms with Gasteiger partial charge in [0.25, 0.3) is 11.6 Å². The van der Waals surface area contributed by atoms with Gasteiger partial charge in [0.05, 0.1) is 4.92 Å². The van der Waals surface area contributed by atoms with Crippen molar-refractivity contribution >= 4 is 24.0 Å². The van der Waals surface area contributed by atoms with Crippen molar-refractivity contribution in [2.45, 2.75) is 38.6 Å². The van der Waals surface area contributed by atoms with Crippen molar-refractivity contribution in [3.8, 4) is 0 Å². The van der Waals surface area contributed by atoms with Crippen molar-refractivity contribution in [3.63, 3.8) is 0 Å². The zero-order valence-corrected chi connectivity index (χ0v) is 13.4. The fourth-order valence-corrected chi connectivity index (χ4v) is 2.88. The molecule has 1 saturated carbocycles. The van der Waals surface area contributed by atoms with Gasteiger partial charge < -0.3 is 11.1 Å². The number of halogens is 1. The van der Waals surface area contributed by atoms with Crippen molar-refractivity contribution < 1.29 is 9.72 Å². The molecule has 1 aromatic carbocycles. The normalized spacial score (nSPS) is 20.8. The number of hydrogen-bond donors (Lipinski definition) is 2. The molecule has 22 heavy (non-hydrogen) atoms. The third-order valence-electron chi connectivity index (χ3n) is 4.20. The number of benzene rings is 1. The van der Waals surface area contributed by atoms with Crippen LogP contribution in [0.1, 0.15) is 41.6 Å². The fraction of sp³-hybridized carbons (Fsp3) is 0.533. The maximum absolute atomic E-state index is 12.3. The number of nitro groups is 1. The number of carbonyl (C=O) groups is 1. The summed E-state index contributed by atoms with van der Waals surface area (Å²) < 4.78 is 0. The van der Waals surface area contributed by atoms with Gasteiger partial charge in [-0.15, -0.1) is 12.4 Å². The predicted octanol–water partition coefficient (Wildman–Crippen LogP) is 2.57. The highest BCUT2D eigenvalue weighted by atomic mass is 35.5. The molecule has 1 aliphatic carbocycles. The highest BCUT2D eigenvalue weighted by molar-refractivity contribution is 5.95. The summed E-state index contributed by atoms with van der Waals surface area (Å²) in [6, 6.07) is 4.63. The minimum Gasteiger partial charge on any atom is -0.349 e. The first-order valence-corrected chi connectivity index (χ1v) is 7.29. The molecule has 1 fully saturated rings.